The second-order valence-electron chi connectivity index (χ2n) is 4.16. The largest absolute Gasteiger partial charge is 0.452 e. The van der Waals surface area contributed by atoms with E-state index in [4.69, 9.17) is 21.8 Å². The molecular weight excluding hydrogens is 276 g/mol. The maximum absolute atomic E-state index is 12.0. The molecule has 0 radical (unpaired) electrons. The molecule has 5 heteroatoms. The Morgan fingerprint density at radius 3 is 2.90 bits per heavy atom. The minimum atomic E-state index is -0.327. The summed E-state index contributed by atoms with van der Waals surface area (Å²) in [7, 11) is 0. The van der Waals surface area contributed by atoms with Crippen LogP contribution >= 0.6 is 11.6 Å². The zero-order valence-electron chi connectivity index (χ0n) is 10.9. The van der Waals surface area contributed by atoms with Gasteiger partial charge in [-0.25, -0.2) is 0 Å². The minimum absolute atomic E-state index is 0.0679. The van der Waals surface area contributed by atoms with Gasteiger partial charge in [0.25, 0.3) is 5.91 Å². The highest BCUT2D eigenvalue weighted by atomic mass is 35.5. The molecule has 2 aromatic rings. The number of nitrogens with one attached hydrogen (secondary N) is 1. The van der Waals surface area contributed by atoms with Gasteiger partial charge in [-0.3, -0.25) is 4.79 Å². The monoisotopic (exact) mass is 288 g/mol. The van der Waals surface area contributed by atoms with Gasteiger partial charge in [0.15, 0.2) is 0 Å². The van der Waals surface area contributed by atoms with Crippen LogP contribution in [0, 0.1) is 18.8 Å². The topological polar surface area (TPSA) is 68.3 Å². The van der Waals surface area contributed by atoms with Crippen LogP contribution in [-0.2, 0) is 0 Å². The number of hydrogen-bond donors (Lipinski definition) is 2. The first-order chi connectivity index (χ1) is 9.60. The van der Waals surface area contributed by atoms with Gasteiger partial charge in [0.05, 0.1) is 18.4 Å². The lowest BCUT2D eigenvalue weighted by molar-refractivity contribution is 0.102. The molecule has 0 spiro atoms. The standard InChI is InChI=1S/C15H13ClN2O2/c1-10-7-11(3-2-5-17)9-12(8-10)18-15(19)13-4-6-20-14(13)16/h4,6-9H,5,17H2,1H3,(H,18,19). The number of hydrogen-bond acceptors (Lipinski definition) is 3. The van der Waals surface area contributed by atoms with Crippen LogP contribution in [0.1, 0.15) is 21.5 Å². The van der Waals surface area contributed by atoms with Gasteiger partial charge in [-0.15, -0.1) is 0 Å². The van der Waals surface area contributed by atoms with Crippen molar-refractivity contribution in [1.82, 2.24) is 0 Å². The van der Waals surface area contributed by atoms with Gasteiger partial charge in [0.1, 0.15) is 0 Å². The second kappa shape index (κ2) is 6.29. The highest BCUT2D eigenvalue weighted by Gasteiger charge is 2.13. The maximum Gasteiger partial charge on any atom is 0.260 e. The van der Waals surface area contributed by atoms with Gasteiger partial charge < -0.3 is 15.5 Å². The molecule has 3 N–H and O–H groups in total. The van der Waals surface area contributed by atoms with Crippen LogP contribution in [-0.4, -0.2) is 12.5 Å². The molecule has 0 aliphatic rings. The Hall–Kier alpha value is -2.22. The first-order valence-corrected chi connectivity index (χ1v) is 6.33. The number of anilines is 1. The zero-order chi connectivity index (χ0) is 14.5. The fraction of sp³-hybridized carbons (Fsp3) is 0.133. The van der Waals surface area contributed by atoms with Crippen LogP contribution in [0.5, 0.6) is 0 Å². The third-order valence-corrected chi connectivity index (χ3v) is 2.83. The summed E-state index contributed by atoms with van der Waals surface area (Å²) < 4.78 is 4.89. The summed E-state index contributed by atoms with van der Waals surface area (Å²) in [5.74, 6) is 5.39. The Kier molecular flexibility index (Phi) is 4.46. The number of carbonyl (C=O) groups is 1. The molecule has 0 fully saturated rings. The molecule has 1 aromatic carbocycles. The van der Waals surface area contributed by atoms with E-state index >= 15 is 0 Å². The van der Waals surface area contributed by atoms with Gasteiger partial charge in [-0.05, 0) is 48.4 Å². The van der Waals surface area contributed by atoms with Gasteiger partial charge in [-0.2, -0.15) is 0 Å². The SMILES string of the molecule is Cc1cc(C#CCN)cc(NC(=O)c2ccoc2Cl)c1. The summed E-state index contributed by atoms with van der Waals surface area (Å²) in [6.45, 7) is 2.22. The van der Waals surface area contributed by atoms with Crippen LogP contribution in [0.15, 0.2) is 34.9 Å². The molecule has 0 atom stereocenters. The number of halogens is 1. The van der Waals surface area contributed by atoms with E-state index in [1.807, 2.05) is 19.1 Å². The van der Waals surface area contributed by atoms with Crippen molar-refractivity contribution in [2.45, 2.75) is 6.92 Å². The van der Waals surface area contributed by atoms with Crippen molar-refractivity contribution in [1.29, 1.82) is 0 Å². The first kappa shape index (κ1) is 14.2. The smallest absolute Gasteiger partial charge is 0.260 e. The van der Waals surface area contributed by atoms with Gasteiger partial charge >= 0.3 is 0 Å². The number of furan rings is 1. The lowest BCUT2D eigenvalue weighted by Crippen LogP contribution is -2.11. The molecule has 1 heterocycles. The summed E-state index contributed by atoms with van der Waals surface area (Å²) in [5, 5.41) is 2.83. The third kappa shape index (κ3) is 3.41. The van der Waals surface area contributed by atoms with Gasteiger partial charge in [0, 0.05) is 11.3 Å². The van der Waals surface area contributed by atoms with Gasteiger partial charge in [0.2, 0.25) is 5.22 Å². The molecule has 2 rings (SSSR count). The van der Waals surface area contributed by atoms with Crippen molar-refractivity contribution in [2.75, 3.05) is 11.9 Å². The van der Waals surface area contributed by atoms with E-state index in [-0.39, 0.29) is 11.1 Å². The van der Waals surface area contributed by atoms with E-state index < -0.39 is 0 Å². The van der Waals surface area contributed by atoms with Crippen LogP contribution in [0.3, 0.4) is 0 Å². The number of rotatable bonds is 2. The predicted octanol–water partition coefficient (Wildman–Crippen LogP) is 2.80. The van der Waals surface area contributed by atoms with Crippen molar-refractivity contribution in [3.8, 4) is 11.8 Å². The summed E-state index contributed by atoms with van der Waals surface area (Å²) in [4.78, 5) is 12.0. The Morgan fingerprint density at radius 1 is 1.45 bits per heavy atom. The average molecular weight is 289 g/mol. The second-order valence-corrected chi connectivity index (χ2v) is 4.50. The summed E-state index contributed by atoms with van der Waals surface area (Å²) in [5.41, 5.74) is 8.07. The van der Waals surface area contributed by atoms with Crippen LogP contribution in [0.2, 0.25) is 5.22 Å². The third-order valence-electron chi connectivity index (χ3n) is 2.53. The lowest BCUT2D eigenvalue weighted by Gasteiger charge is -2.06. The first-order valence-electron chi connectivity index (χ1n) is 5.95. The molecule has 0 aliphatic heterocycles. The molecule has 0 saturated heterocycles. The fourth-order valence-corrected chi connectivity index (χ4v) is 1.93. The van der Waals surface area contributed by atoms with Gasteiger partial charge in [-0.1, -0.05) is 11.8 Å². The quantitative estimate of drug-likeness (QED) is 0.835. The lowest BCUT2D eigenvalue weighted by atomic mass is 10.1. The van der Waals surface area contributed by atoms with Crippen molar-refractivity contribution in [3.05, 3.63) is 52.4 Å². The predicted molar refractivity (Wildman–Crippen MR) is 78.8 cm³/mol. The van der Waals surface area contributed by atoms with E-state index in [1.54, 1.807) is 6.07 Å². The average Bonchev–Trinajstić information content (AvgIpc) is 2.82. The van der Waals surface area contributed by atoms with E-state index in [1.165, 1.54) is 12.3 Å². The number of nitrogens with two attached hydrogens (primary N) is 1. The summed E-state index contributed by atoms with van der Waals surface area (Å²) >= 11 is 5.77. The molecule has 4 nitrogen and oxygen atoms in total. The number of benzene rings is 1. The maximum atomic E-state index is 12.0. The minimum Gasteiger partial charge on any atom is -0.452 e. The Labute approximate surface area is 121 Å². The molecule has 0 bridgehead atoms. The van der Waals surface area contributed by atoms with Crippen LogP contribution in [0.4, 0.5) is 5.69 Å². The highest BCUT2D eigenvalue weighted by Crippen LogP contribution is 2.20. The molecule has 102 valence electrons. The zero-order valence-corrected chi connectivity index (χ0v) is 11.6. The number of aryl methyl sites for hydroxylation is 1. The Bertz CT molecular complexity index is 695. The van der Waals surface area contributed by atoms with E-state index in [0.29, 0.717) is 17.8 Å². The Balaban J connectivity index is 2.23. The number of amides is 1. The molecule has 0 saturated carbocycles. The van der Waals surface area contributed by atoms with E-state index in [9.17, 15) is 4.79 Å². The van der Waals surface area contributed by atoms with Crippen molar-refractivity contribution < 1.29 is 9.21 Å². The molecule has 20 heavy (non-hydrogen) atoms. The van der Waals surface area contributed by atoms with Crippen LogP contribution in [0.25, 0.3) is 0 Å². The molecule has 1 aromatic heterocycles. The van der Waals surface area contributed by atoms with Crippen LogP contribution < -0.4 is 11.1 Å². The molecule has 0 unspecified atom stereocenters. The highest BCUT2D eigenvalue weighted by molar-refractivity contribution is 6.32. The van der Waals surface area contributed by atoms with Crippen molar-refractivity contribution in [2.24, 2.45) is 5.73 Å². The van der Waals surface area contributed by atoms with Crippen molar-refractivity contribution in [3.63, 3.8) is 0 Å². The summed E-state index contributed by atoms with van der Waals surface area (Å²) in [6, 6.07) is 7.06. The fourth-order valence-electron chi connectivity index (χ4n) is 1.73. The van der Waals surface area contributed by atoms with E-state index in [0.717, 1.165) is 11.1 Å². The molecule has 0 aliphatic carbocycles. The number of carbonyl (C=O) groups excluding carboxylic acids is 1. The van der Waals surface area contributed by atoms with Crippen molar-refractivity contribution >= 4 is 23.2 Å². The molecule has 1 amide bonds. The van der Waals surface area contributed by atoms with E-state index in [2.05, 4.69) is 17.2 Å². The normalized spacial score (nSPS) is 9.75. The molecular formula is C15H13ClN2O2. The Morgan fingerprint density at radius 2 is 2.25 bits per heavy atom. The summed E-state index contributed by atoms with van der Waals surface area (Å²) in [6.07, 6.45) is 1.37.